The molecule has 160 valence electrons. The van der Waals surface area contributed by atoms with Gasteiger partial charge in [0.1, 0.15) is 0 Å². The minimum Gasteiger partial charge on any atom is -0.314 e. The van der Waals surface area contributed by atoms with E-state index in [0.717, 1.165) is 26.2 Å². The highest BCUT2D eigenvalue weighted by molar-refractivity contribution is 5.82. The Morgan fingerprint density at radius 1 is 0.821 bits per heavy atom. The average Bonchev–Trinajstić information content (AvgIpc) is 2.73. The summed E-state index contributed by atoms with van der Waals surface area (Å²) in [6, 6.07) is 16.0. The lowest BCUT2D eigenvalue weighted by molar-refractivity contribution is 0.166. The van der Waals surface area contributed by atoms with Crippen molar-refractivity contribution in [2.45, 2.75) is 86.7 Å². The Labute approximate surface area is 175 Å². The maximum absolute atomic E-state index is 3.44. The lowest BCUT2D eigenvalue weighted by Crippen LogP contribution is -2.49. The van der Waals surface area contributed by atoms with Crippen molar-refractivity contribution >= 4 is 10.8 Å². The fourth-order valence-corrected chi connectivity index (χ4v) is 2.94. The Morgan fingerprint density at radius 3 is 1.93 bits per heavy atom. The summed E-state index contributed by atoms with van der Waals surface area (Å²) >= 11 is 0. The van der Waals surface area contributed by atoms with Gasteiger partial charge in [-0.1, -0.05) is 104 Å². The van der Waals surface area contributed by atoms with Gasteiger partial charge >= 0.3 is 0 Å². The lowest BCUT2D eigenvalue weighted by atomic mass is 10.0. The molecule has 0 spiro atoms. The van der Waals surface area contributed by atoms with Crippen LogP contribution < -0.4 is 5.32 Å². The summed E-state index contributed by atoms with van der Waals surface area (Å²) in [6.45, 7) is 18.7. The van der Waals surface area contributed by atoms with Gasteiger partial charge in [0.2, 0.25) is 0 Å². The first kappa shape index (κ1) is 26.6. The summed E-state index contributed by atoms with van der Waals surface area (Å²) in [5.74, 6) is 0. The number of hydrogen-bond donors (Lipinski definition) is 1. The van der Waals surface area contributed by atoms with Gasteiger partial charge in [0.05, 0.1) is 0 Å². The molecule has 2 heteroatoms. The molecule has 1 aliphatic carbocycles. The molecular weight excluding hydrogens is 340 g/mol. The molecule has 1 unspecified atom stereocenters. The van der Waals surface area contributed by atoms with E-state index in [1.807, 2.05) is 41.5 Å². The van der Waals surface area contributed by atoms with E-state index >= 15 is 0 Å². The van der Waals surface area contributed by atoms with Crippen LogP contribution in [0.4, 0.5) is 0 Å². The van der Waals surface area contributed by atoms with Crippen LogP contribution in [0.1, 0.15) is 79.7 Å². The molecule has 2 nitrogen and oxygen atoms in total. The van der Waals surface area contributed by atoms with E-state index in [9.17, 15) is 0 Å². The van der Waals surface area contributed by atoms with Gasteiger partial charge in [0, 0.05) is 32.2 Å². The molecule has 1 aliphatic heterocycles. The van der Waals surface area contributed by atoms with Crippen molar-refractivity contribution in [2.24, 2.45) is 0 Å². The molecule has 1 saturated carbocycles. The Hall–Kier alpha value is -1.38. The number of nitrogens with zero attached hydrogens (tertiary/aromatic N) is 1. The van der Waals surface area contributed by atoms with Crippen LogP contribution in [0, 0.1) is 0 Å². The summed E-state index contributed by atoms with van der Waals surface area (Å²) in [5.41, 5.74) is 1.42. The van der Waals surface area contributed by atoms with Crippen molar-refractivity contribution in [1.29, 1.82) is 0 Å². The molecule has 0 aromatic heterocycles. The molecule has 2 aromatic rings. The van der Waals surface area contributed by atoms with Crippen molar-refractivity contribution < 1.29 is 0 Å². The Kier molecular flexibility index (Phi) is 16.8. The second-order valence-corrected chi connectivity index (χ2v) is 6.62. The number of hydrogen-bond acceptors (Lipinski definition) is 2. The lowest BCUT2D eigenvalue weighted by Gasteiger charge is -2.33. The van der Waals surface area contributed by atoms with Crippen molar-refractivity contribution in [1.82, 2.24) is 10.2 Å². The van der Waals surface area contributed by atoms with Gasteiger partial charge in [-0.25, -0.2) is 0 Å². The normalized spacial score (nSPS) is 17.8. The second kappa shape index (κ2) is 17.7. The molecule has 4 rings (SSSR count). The minimum atomic E-state index is 0.630. The SMILES string of the molecule is C1CCC1.CC.CC.CC.CC1CNCCN1Cc1ccc2ccccc2c1. The van der Waals surface area contributed by atoms with Gasteiger partial charge in [0.15, 0.2) is 0 Å². The van der Waals surface area contributed by atoms with Gasteiger partial charge in [-0.2, -0.15) is 0 Å². The van der Waals surface area contributed by atoms with E-state index < -0.39 is 0 Å². The molecule has 1 saturated heterocycles. The third-order valence-electron chi connectivity index (χ3n) is 4.84. The Morgan fingerprint density at radius 2 is 1.39 bits per heavy atom. The van der Waals surface area contributed by atoms with E-state index in [-0.39, 0.29) is 0 Å². The van der Waals surface area contributed by atoms with Crippen molar-refractivity contribution in [3.63, 3.8) is 0 Å². The monoisotopic (exact) mass is 386 g/mol. The summed E-state index contributed by atoms with van der Waals surface area (Å²) < 4.78 is 0. The van der Waals surface area contributed by atoms with E-state index in [4.69, 9.17) is 0 Å². The first-order valence-corrected chi connectivity index (χ1v) is 11.8. The van der Waals surface area contributed by atoms with E-state index in [1.54, 1.807) is 0 Å². The Balaban J connectivity index is 0.000000616. The van der Waals surface area contributed by atoms with Crippen LogP contribution in [-0.4, -0.2) is 30.6 Å². The largest absolute Gasteiger partial charge is 0.314 e. The van der Waals surface area contributed by atoms with Crippen LogP contribution in [0.3, 0.4) is 0 Å². The minimum absolute atomic E-state index is 0.630. The zero-order chi connectivity index (χ0) is 21.2. The highest BCUT2D eigenvalue weighted by Gasteiger charge is 2.17. The molecule has 0 radical (unpaired) electrons. The molecule has 1 atom stereocenters. The summed E-state index contributed by atoms with van der Waals surface area (Å²) in [7, 11) is 0. The molecule has 2 aliphatic rings. The molecule has 1 heterocycles. The predicted molar refractivity (Wildman–Crippen MR) is 129 cm³/mol. The second-order valence-electron chi connectivity index (χ2n) is 6.62. The van der Waals surface area contributed by atoms with Gasteiger partial charge < -0.3 is 5.32 Å². The average molecular weight is 387 g/mol. The summed E-state index contributed by atoms with van der Waals surface area (Å²) in [4.78, 5) is 2.56. The van der Waals surface area contributed by atoms with Crippen LogP contribution in [-0.2, 0) is 6.54 Å². The van der Waals surface area contributed by atoms with Crippen LogP contribution in [0.5, 0.6) is 0 Å². The van der Waals surface area contributed by atoms with Crippen LogP contribution >= 0.6 is 0 Å². The third-order valence-corrected chi connectivity index (χ3v) is 4.84. The number of nitrogens with one attached hydrogen (secondary N) is 1. The molecule has 2 aromatic carbocycles. The summed E-state index contributed by atoms with van der Waals surface area (Å²) in [6.07, 6.45) is 6.00. The first-order chi connectivity index (χ1) is 13.8. The third kappa shape index (κ3) is 9.71. The van der Waals surface area contributed by atoms with Crippen LogP contribution in [0.25, 0.3) is 10.8 Å². The standard InChI is InChI=1S/C16H20N2.C4H8.3C2H6/c1-13-11-17-8-9-18(13)12-14-6-7-15-4-2-3-5-16(15)10-14;1-2-4-3-1;3*1-2/h2-7,10,13,17H,8-9,11-12H2,1H3;1-4H2;3*1-2H3. The number of benzene rings is 2. The zero-order valence-corrected chi connectivity index (χ0v) is 19.7. The van der Waals surface area contributed by atoms with Crippen molar-refractivity contribution in [2.75, 3.05) is 19.6 Å². The first-order valence-electron chi connectivity index (χ1n) is 11.8. The predicted octanol–water partition coefficient (Wildman–Crippen LogP) is 7.27. The highest BCUT2D eigenvalue weighted by Crippen LogP contribution is 2.18. The highest BCUT2D eigenvalue weighted by atomic mass is 15.2. The summed E-state index contributed by atoms with van der Waals surface area (Å²) in [5, 5.41) is 6.11. The zero-order valence-electron chi connectivity index (χ0n) is 19.7. The van der Waals surface area contributed by atoms with Gasteiger partial charge in [-0.3, -0.25) is 4.90 Å². The number of rotatable bonds is 2. The fraction of sp³-hybridized carbons (Fsp3) is 0.615. The van der Waals surface area contributed by atoms with Crippen molar-refractivity contribution in [3.05, 3.63) is 48.0 Å². The van der Waals surface area contributed by atoms with Crippen LogP contribution in [0.2, 0.25) is 0 Å². The Bertz CT molecular complexity index is 586. The van der Waals surface area contributed by atoms with E-state index in [1.165, 1.54) is 42.0 Å². The van der Waals surface area contributed by atoms with Gasteiger partial charge in [-0.05, 0) is 29.3 Å². The topological polar surface area (TPSA) is 15.3 Å². The molecule has 1 N–H and O–H groups in total. The van der Waals surface area contributed by atoms with Crippen molar-refractivity contribution in [3.8, 4) is 0 Å². The molecule has 2 fully saturated rings. The molecular formula is C26H46N2. The quantitative estimate of drug-likeness (QED) is 0.583. The van der Waals surface area contributed by atoms with Gasteiger partial charge in [0.25, 0.3) is 0 Å². The van der Waals surface area contributed by atoms with E-state index in [2.05, 4.69) is 59.6 Å². The fourth-order valence-electron chi connectivity index (χ4n) is 2.94. The number of piperazine rings is 1. The van der Waals surface area contributed by atoms with E-state index in [0.29, 0.717) is 6.04 Å². The van der Waals surface area contributed by atoms with Gasteiger partial charge in [-0.15, -0.1) is 0 Å². The smallest absolute Gasteiger partial charge is 0.0237 e. The maximum atomic E-state index is 3.44. The molecule has 28 heavy (non-hydrogen) atoms. The molecule has 0 amide bonds. The molecule has 0 bridgehead atoms. The van der Waals surface area contributed by atoms with Crippen LogP contribution in [0.15, 0.2) is 42.5 Å². The maximum Gasteiger partial charge on any atom is 0.0237 e. The number of fused-ring (bicyclic) bond motifs is 1.